The van der Waals surface area contributed by atoms with E-state index in [0.717, 1.165) is 5.56 Å². The van der Waals surface area contributed by atoms with Crippen LogP contribution in [0.5, 0.6) is 0 Å². The van der Waals surface area contributed by atoms with Gasteiger partial charge in [0.25, 0.3) is 0 Å². The van der Waals surface area contributed by atoms with Gasteiger partial charge in [0.15, 0.2) is 0 Å². The van der Waals surface area contributed by atoms with Gasteiger partial charge in [0, 0.05) is 20.2 Å². The Balaban J connectivity index is 2.24. The summed E-state index contributed by atoms with van der Waals surface area (Å²) < 4.78 is 5.02. The molecule has 1 amide bonds. The zero-order chi connectivity index (χ0) is 11.1. The molecule has 1 rings (SSSR count). The maximum absolute atomic E-state index is 11.4. The van der Waals surface area contributed by atoms with Gasteiger partial charge in [-0.3, -0.25) is 4.79 Å². The van der Waals surface area contributed by atoms with Crippen molar-refractivity contribution in [2.45, 2.75) is 19.1 Å². The molecule has 15 heavy (non-hydrogen) atoms. The summed E-state index contributed by atoms with van der Waals surface area (Å²) in [5.41, 5.74) is 6.54. The van der Waals surface area contributed by atoms with Crippen LogP contribution in [0.1, 0.15) is 12.0 Å². The first-order valence-electron chi connectivity index (χ1n) is 4.77. The fourth-order valence-corrected chi connectivity index (χ4v) is 1.80. The number of hydrogen-bond donors (Lipinski definition) is 2. The molecule has 5 heteroatoms. The lowest BCUT2D eigenvalue weighted by Gasteiger charge is -2.12. The average Bonchev–Trinajstić information content (AvgIpc) is 2.75. The van der Waals surface area contributed by atoms with Crippen LogP contribution in [-0.2, 0) is 16.1 Å². The van der Waals surface area contributed by atoms with E-state index in [9.17, 15) is 4.79 Å². The van der Waals surface area contributed by atoms with Crippen LogP contribution in [-0.4, -0.2) is 25.7 Å². The second-order valence-electron chi connectivity index (χ2n) is 3.21. The first kappa shape index (κ1) is 12.2. The number of hydrogen-bond acceptors (Lipinski definition) is 4. The standard InChI is InChI=1S/C10H16N2O2S/c1-14-9(5-11)4-10(13)12-6-8-2-3-15-7-8/h2-3,7,9H,4-6,11H2,1H3,(H,12,13). The summed E-state index contributed by atoms with van der Waals surface area (Å²) in [7, 11) is 1.56. The summed E-state index contributed by atoms with van der Waals surface area (Å²) in [6.45, 7) is 0.936. The molecular formula is C10H16N2O2S. The van der Waals surface area contributed by atoms with E-state index in [1.807, 2.05) is 16.8 Å². The van der Waals surface area contributed by atoms with Crippen LogP contribution in [0.15, 0.2) is 16.8 Å². The summed E-state index contributed by atoms with van der Waals surface area (Å²) in [6, 6.07) is 1.99. The van der Waals surface area contributed by atoms with Gasteiger partial charge in [-0.2, -0.15) is 11.3 Å². The monoisotopic (exact) mass is 228 g/mol. The van der Waals surface area contributed by atoms with Gasteiger partial charge in [0.2, 0.25) is 5.91 Å². The number of rotatable bonds is 6. The van der Waals surface area contributed by atoms with Crippen LogP contribution in [0.25, 0.3) is 0 Å². The van der Waals surface area contributed by atoms with Gasteiger partial charge >= 0.3 is 0 Å². The Bertz CT molecular complexity index is 284. The molecule has 1 atom stereocenters. The normalized spacial score (nSPS) is 12.4. The number of thiophene rings is 1. The van der Waals surface area contributed by atoms with Crippen molar-refractivity contribution in [1.82, 2.24) is 5.32 Å². The van der Waals surface area contributed by atoms with Crippen molar-refractivity contribution in [1.29, 1.82) is 0 Å². The van der Waals surface area contributed by atoms with Crippen molar-refractivity contribution in [3.05, 3.63) is 22.4 Å². The molecule has 0 aliphatic rings. The van der Waals surface area contributed by atoms with Gasteiger partial charge in [-0.1, -0.05) is 0 Å². The Morgan fingerprint density at radius 2 is 2.53 bits per heavy atom. The Kier molecular flexibility index (Phi) is 5.31. The SMILES string of the molecule is COC(CN)CC(=O)NCc1ccsc1. The van der Waals surface area contributed by atoms with E-state index in [-0.39, 0.29) is 12.0 Å². The first-order valence-corrected chi connectivity index (χ1v) is 5.71. The van der Waals surface area contributed by atoms with Gasteiger partial charge < -0.3 is 15.8 Å². The van der Waals surface area contributed by atoms with Crippen LogP contribution in [0.4, 0.5) is 0 Å². The molecule has 0 saturated heterocycles. The Morgan fingerprint density at radius 3 is 3.07 bits per heavy atom. The molecule has 1 aromatic rings. The summed E-state index contributed by atoms with van der Waals surface area (Å²) in [5.74, 6) is -0.0292. The van der Waals surface area contributed by atoms with E-state index in [1.165, 1.54) is 0 Å². The van der Waals surface area contributed by atoms with E-state index in [2.05, 4.69) is 5.32 Å². The van der Waals surface area contributed by atoms with Crippen molar-refractivity contribution >= 4 is 17.2 Å². The molecule has 1 unspecified atom stereocenters. The molecule has 1 heterocycles. The maximum atomic E-state index is 11.4. The quantitative estimate of drug-likeness (QED) is 0.754. The van der Waals surface area contributed by atoms with Crippen molar-refractivity contribution in [2.24, 2.45) is 5.73 Å². The molecule has 84 valence electrons. The molecule has 0 bridgehead atoms. The molecule has 0 radical (unpaired) electrons. The lowest BCUT2D eigenvalue weighted by Crippen LogP contribution is -2.31. The van der Waals surface area contributed by atoms with E-state index in [4.69, 9.17) is 10.5 Å². The number of ether oxygens (including phenoxy) is 1. The molecule has 0 spiro atoms. The molecule has 1 aromatic heterocycles. The third-order valence-corrected chi connectivity index (χ3v) is 2.81. The number of carbonyl (C=O) groups is 1. The van der Waals surface area contributed by atoms with Crippen molar-refractivity contribution < 1.29 is 9.53 Å². The second kappa shape index (κ2) is 6.55. The molecule has 0 aliphatic heterocycles. The lowest BCUT2D eigenvalue weighted by atomic mass is 10.2. The summed E-state index contributed by atoms with van der Waals surface area (Å²) >= 11 is 1.62. The average molecular weight is 228 g/mol. The minimum Gasteiger partial charge on any atom is -0.380 e. The molecule has 0 saturated carbocycles. The second-order valence-corrected chi connectivity index (χ2v) is 3.99. The highest BCUT2D eigenvalue weighted by Crippen LogP contribution is 2.05. The highest BCUT2D eigenvalue weighted by Gasteiger charge is 2.10. The number of nitrogens with two attached hydrogens (primary N) is 1. The summed E-state index contributed by atoms with van der Waals surface area (Å²) in [6.07, 6.45) is 0.129. The highest BCUT2D eigenvalue weighted by molar-refractivity contribution is 7.07. The first-order chi connectivity index (χ1) is 7.26. The molecule has 3 N–H and O–H groups in total. The minimum atomic E-state index is -0.188. The van der Waals surface area contributed by atoms with Gasteiger partial charge in [-0.15, -0.1) is 0 Å². The molecular weight excluding hydrogens is 212 g/mol. The van der Waals surface area contributed by atoms with Gasteiger partial charge in [0.05, 0.1) is 12.5 Å². The fraction of sp³-hybridized carbons (Fsp3) is 0.500. The summed E-state index contributed by atoms with van der Waals surface area (Å²) in [5, 5.41) is 6.81. The Labute approximate surface area is 93.4 Å². The van der Waals surface area contributed by atoms with E-state index in [0.29, 0.717) is 19.5 Å². The minimum absolute atomic E-state index is 0.0292. The predicted molar refractivity (Wildman–Crippen MR) is 60.6 cm³/mol. The zero-order valence-electron chi connectivity index (χ0n) is 8.73. The van der Waals surface area contributed by atoms with Gasteiger partial charge in [0.1, 0.15) is 0 Å². The molecule has 0 aromatic carbocycles. The molecule has 4 nitrogen and oxygen atoms in total. The predicted octanol–water partition coefficient (Wildman–Crippen LogP) is 0.728. The fourth-order valence-electron chi connectivity index (χ4n) is 1.14. The van der Waals surface area contributed by atoms with E-state index in [1.54, 1.807) is 18.4 Å². The smallest absolute Gasteiger partial charge is 0.222 e. The lowest BCUT2D eigenvalue weighted by molar-refractivity contribution is -0.123. The van der Waals surface area contributed by atoms with E-state index >= 15 is 0 Å². The van der Waals surface area contributed by atoms with Gasteiger partial charge in [-0.25, -0.2) is 0 Å². The van der Waals surface area contributed by atoms with E-state index < -0.39 is 0 Å². The summed E-state index contributed by atoms with van der Waals surface area (Å²) in [4.78, 5) is 11.4. The Hall–Kier alpha value is -0.910. The number of methoxy groups -OCH3 is 1. The van der Waals surface area contributed by atoms with Crippen LogP contribution in [0, 0.1) is 0 Å². The number of nitrogens with one attached hydrogen (secondary N) is 1. The van der Waals surface area contributed by atoms with Crippen LogP contribution < -0.4 is 11.1 Å². The van der Waals surface area contributed by atoms with Crippen LogP contribution in [0.3, 0.4) is 0 Å². The topological polar surface area (TPSA) is 64.3 Å². The number of carbonyl (C=O) groups excluding carboxylic acids is 1. The maximum Gasteiger partial charge on any atom is 0.222 e. The molecule has 0 aliphatic carbocycles. The third-order valence-electron chi connectivity index (χ3n) is 2.08. The number of amides is 1. The molecule has 0 fully saturated rings. The van der Waals surface area contributed by atoms with Crippen molar-refractivity contribution in [3.63, 3.8) is 0 Å². The largest absolute Gasteiger partial charge is 0.380 e. The third kappa shape index (κ3) is 4.42. The van der Waals surface area contributed by atoms with Gasteiger partial charge in [-0.05, 0) is 22.4 Å². The highest BCUT2D eigenvalue weighted by atomic mass is 32.1. The van der Waals surface area contributed by atoms with Crippen molar-refractivity contribution in [3.8, 4) is 0 Å². The zero-order valence-corrected chi connectivity index (χ0v) is 9.55. The Morgan fingerprint density at radius 1 is 1.73 bits per heavy atom. The van der Waals surface area contributed by atoms with Crippen LogP contribution in [0.2, 0.25) is 0 Å². The van der Waals surface area contributed by atoms with Crippen LogP contribution >= 0.6 is 11.3 Å². The van der Waals surface area contributed by atoms with Crippen molar-refractivity contribution in [2.75, 3.05) is 13.7 Å².